The van der Waals surface area contributed by atoms with Crippen molar-refractivity contribution in [3.63, 3.8) is 0 Å². The number of benzene rings is 1. The molecule has 0 saturated heterocycles. The molecule has 4 nitrogen and oxygen atoms in total. The van der Waals surface area contributed by atoms with E-state index in [1.165, 1.54) is 23.9 Å². The zero-order chi connectivity index (χ0) is 12.3. The Kier molecular flexibility index (Phi) is 3.75. The first-order valence-corrected chi connectivity index (χ1v) is 6.16. The van der Waals surface area contributed by atoms with Crippen LogP contribution in [0.15, 0.2) is 29.4 Å². The van der Waals surface area contributed by atoms with Gasteiger partial charge in [-0.05, 0) is 24.6 Å². The number of hydrogen-bond acceptors (Lipinski definition) is 4. The van der Waals surface area contributed by atoms with Gasteiger partial charge < -0.3 is 5.73 Å². The Morgan fingerprint density at radius 2 is 2.12 bits per heavy atom. The zero-order valence-electron chi connectivity index (χ0n) is 9.35. The van der Waals surface area contributed by atoms with E-state index in [9.17, 15) is 4.39 Å². The number of nitrogens with zero attached hydrogens (tertiary/aromatic N) is 2. The molecule has 0 amide bonds. The maximum Gasteiger partial charge on any atom is 0.208 e. The maximum absolute atomic E-state index is 12.7. The molecular weight excluding hydrogens is 239 g/mol. The van der Waals surface area contributed by atoms with Gasteiger partial charge in [-0.1, -0.05) is 23.9 Å². The molecule has 1 heterocycles. The molecule has 2 aromatic rings. The number of aromatic amines is 1. The van der Waals surface area contributed by atoms with Crippen molar-refractivity contribution in [2.45, 2.75) is 18.1 Å². The molecule has 0 radical (unpaired) electrons. The second-order valence-corrected chi connectivity index (χ2v) is 4.66. The van der Waals surface area contributed by atoms with Gasteiger partial charge in [0.1, 0.15) is 11.6 Å². The van der Waals surface area contributed by atoms with Crippen molar-refractivity contribution in [1.82, 2.24) is 15.2 Å². The number of nitrogens with two attached hydrogens (primary N) is 1. The lowest BCUT2D eigenvalue weighted by atomic mass is 10.1. The molecule has 1 atom stereocenters. The molecule has 0 aliphatic carbocycles. The van der Waals surface area contributed by atoms with Crippen LogP contribution in [0, 0.1) is 12.7 Å². The summed E-state index contributed by atoms with van der Waals surface area (Å²) in [6.45, 7) is 1.84. The molecule has 1 unspecified atom stereocenters. The van der Waals surface area contributed by atoms with Crippen molar-refractivity contribution in [2.75, 3.05) is 5.75 Å². The minimum absolute atomic E-state index is 0.153. The van der Waals surface area contributed by atoms with Crippen LogP contribution < -0.4 is 5.73 Å². The van der Waals surface area contributed by atoms with Crippen LogP contribution in [-0.4, -0.2) is 20.9 Å². The van der Waals surface area contributed by atoms with Gasteiger partial charge in [-0.15, -0.1) is 5.10 Å². The highest BCUT2D eigenvalue weighted by molar-refractivity contribution is 7.99. The average molecular weight is 252 g/mol. The molecular formula is C11H13FN4S. The van der Waals surface area contributed by atoms with Crippen LogP contribution in [0.25, 0.3) is 0 Å². The van der Waals surface area contributed by atoms with E-state index < -0.39 is 0 Å². The van der Waals surface area contributed by atoms with Crippen molar-refractivity contribution >= 4 is 11.8 Å². The van der Waals surface area contributed by atoms with E-state index in [4.69, 9.17) is 5.73 Å². The Labute approximate surface area is 103 Å². The van der Waals surface area contributed by atoms with E-state index in [1.807, 2.05) is 6.92 Å². The Morgan fingerprint density at radius 1 is 1.41 bits per heavy atom. The molecule has 2 rings (SSSR count). The quantitative estimate of drug-likeness (QED) is 0.817. The third-order valence-electron chi connectivity index (χ3n) is 2.27. The number of thioether (sulfide) groups is 1. The molecule has 0 saturated carbocycles. The summed E-state index contributed by atoms with van der Waals surface area (Å²) in [4.78, 5) is 4.17. The van der Waals surface area contributed by atoms with Gasteiger partial charge >= 0.3 is 0 Å². The van der Waals surface area contributed by atoms with Crippen LogP contribution in [0.2, 0.25) is 0 Å². The van der Waals surface area contributed by atoms with Crippen LogP contribution >= 0.6 is 11.8 Å². The SMILES string of the molecule is Cc1nc(SCC(N)c2ccc(F)cc2)n[nH]1. The molecule has 0 bridgehead atoms. The Hall–Kier alpha value is -1.40. The molecule has 90 valence electrons. The van der Waals surface area contributed by atoms with Crippen LogP contribution in [0.1, 0.15) is 17.4 Å². The predicted molar refractivity (Wildman–Crippen MR) is 65.2 cm³/mol. The van der Waals surface area contributed by atoms with E-state index in [-0.39, 0.29) is 11.9 Å². The van der Waals surface area contributed by atoms with Crippen molar-refractivity contribution in [2.24, 2.45) is 5.73 Å². The van der Waals surface area contributed by atoms with E-state index in [2.05, 4.69) is 15.2 Å². The second-order valence-electron chi connectivity index (χ2n) is 3.67. The summed E-state index contributed by atoms with van der Waals surface area (Å²) < 4.78 is 12.7. The summed E-state index contributed by atoms with van der Waals surface area (Å²) >= 11 is 1.48. The summed E-state index contributed by atoms with van der Waals surface area (Å²) in [5, 5.41) is 7.45. The van der Waals surface area contributed by atoms with Crippen molar-refractivity contribution in [3.8, 4) is 0 Å². The third kappa shape index (κ3) is 3.28. The number of hydrogen-bond donors (Lipinski definition) is 2. The first kappa shape index (κ1) is 12.1. The zero-order valence-corrected chi connectivity index (χ0v) is 10.2. The van der Waals surface area contributed by atoms with E-state index in [1.54, 1.807) is 12.1 Å². The smallest absolute Gasteiger partial charge is 0.208 e. The molecule has 1 aromatic carbocycles. The summed E-state index contributed by atoms with van der Waals surface area (Å²) in [6.07, 6.45) is 0. The summed E-state index contributed by atoms with van der Waals surface area (Å²) in [7, 11) is 0. The molecule has 1 aromatic heterocycles. The maximum atomic E-state index is 12.7. The fourth-order valence-corrected chi connectivity index (χ4v) is 2.19. The monoisotopic (exact) mass is 252 g/mol. The molecule has 17 heavy (non-hydrogen) atoms. The van der Waals surface area contributed by atoms with Gasteiger partial charge in [-0.2, -0.15) is 0 Å². The van der Waals surface area contributed by atoms with Crippen molar-refractivity contribution in [3.05, 3.63) is 41.5 Å². The van der Waals surface area contributed by atoms with Gasteiger partial charge in [-0.25, -0.2) is 9.37 Å². The highest BCUT2D eigenvalue weighted by atomic mass is 32.2. The van der Waals surface area contributed by atoms with Crippen LogP contribution in [-0.2, 0) is 0 Å². The Morgan fingerprint density at radius 3 is 2.71 bits per heavy atom. The summed E-state index contributed by atoms with van der Waals surface area (Å²) in [6, 6.07) is 6.07. The molecule has 6 heteroatoms. The van der Waals surface area contributed by atoms with Crippen molar-refractivity contribution in [1.29, 1.82) is 0 Å². The lowest BCUT2D eigenvalue weighted by Gasteiger charge is -2.09. The van der Waals surface area contributed by atoms with Gasteiger partial charge in [0, 0.05) is 11.8 Å². The second kappa shape index (κ2) is 5.29. The Bertz CT molecular complexity index is 482. The van der Waals surface area contributed by atoms with Gasteiger partial charge in [0.15, 0.2) is 0 Å². The lowest BCUT2D eigenvalue weighted by Crippen LogP contribution is -2.13. The topological polar surface area (TPSA) is 67.6 Å². The average Bonchev–Trinajstić information content (AvgIpc) is 2.73. The number of aromatic nitrogens is 3. The normalized spacial score (nSPS) is 12.6. The fraction of sp³-hybridized carbons (Fsp3) is 0.273. The van der Waals surface area contributed by atoms with E-state index >= 15 is 0 Å². The molecule has 0 aliphatic heterocycles. The van der Waals surface area contributed by atoms with Gasteiger partial charge in [0.25, 0.3) is 0 Å². The molecule has 3 N–H and O–H groups in total. The van der Waals surface area contributed by atoms with Gasteiger partial charge in [0.05, 0.1) is 0 Å². The van der Waals surface area contributed by atoms with Gasteiger partial charge in [-0.3, -0.25) is 5.10 Å². The number of halogens is 1. The number of nitrogens with one attached hydrogen (secondary N) is 1. The Balaban J connectivity index is 1.93. The van der Waals surface area contributed by atoms with Gasteiger partial charge in [0.2, 0.25) is 5.16 Å². The van der Waals surface area contributed by atoms with E-state index in [0.717, 1.165) is 11.4 Å². The molecule has 0 aliphatic rings. The predicted octanol–water partition coefficient (Wildman–Crippen LogP) is 2.04. The van der Waals surface area contributed by atoms with E-state index in [0.29, 0.717) is 10.9 Å². The highest BCUT2D eigenvalue weighted by Crippen LogP contribution is 2.20. The molecule has 0 fully saturated rings. The minimum Gasteiger partial charge on any atom is -0.323 e. The number of aryl methyl sites for hydroxylation is 1. The highest BCUT2D eigenvalue weighted by Gasteiger charge is 2.08. The fourth-order valence-electron chi connectivity index (χ4n) is 1.36. The molecule has 0 spiro atoms. The minimum atomic E-state index is -0.252. The standard InChI is InChI=1S/C11H13FN4S/c1-7-14-11(16-15-7)17-6-10(13)8-2-4-9(12)5-3-8/h2-5,10H,6,13H2,1H3,(H,14,15,16). The van der Waals surface area contributed by atoms with Crippen LogP contribution in [0.4, 0.5) is 4.39 Å². The lowest BCUT2D eigenvalue weighted by molar-refractivity contribution is 0.626. The van der Waals surface area contributed by atoms with Crippen LogP contribution in [0.3, 0.4) is 0 Å². The first-order chi connectivity index (χ1) is 8.15. The van der Waals surface area contributed by atoms with Crippen molar-refractivity contribution < 1.29 is 4.39 Å². The first-order valence-electron chi connectivity index (χ1n) is 5.18. The summed E-state index contributed by atoms with van der Waals surface area (Å²) in [5.74, 6) is 1.18. The third-order valence-corrected chi connectivity index (χ3v) is 3.23. The number of H-pyrrole nitrogens is 1. The van der Waals surface area contributed by atoms with Crippen LogP contribution in [0.5, 0.6) is 0 Å². The largest absolute Gasteiger partial charge is 0.323 e. The summed E-state index contributed by atoms with van der Waals surface area (Å²) in [5.41, 5.74) is 6.90. The number of rotatable bonds is 4.